The molecule has 1 amide bonds. The zero-order valence-electron chi connectivity index (χ0n) is 35.0. The number of hydrogen-bond donors (Lipinski definition) is 7. The number of carbonyl (C=O) groups excluding carboxylic acids is 1. The lowest BCUT2D eigenvalue weighted by atomic mass is 9.99. The first-order valence-corrected chi connectivity index (χ1v) is 23.3. The quantitative estimate of drug-likeness (QED) is 0.0195. The molecule has 334 valence electrons. The summed E-state index contributed by atoms with van der Waals surface area (Å²) >= 11 is 0. The molecular formula is C43H79NO12S. The van der Waals surface area contributed by atoms with Gasteiger partial charge in [0.1, 0.15) is 30.5 Å². The summed E-state index contributed by atoms with van der Waals surface area (Å²) in [5, 5.41) is 54.9. The highest BCUT2D eigenvalue weighted by atomic mass is 32.3. The van der Waals surface area contributed by atoms with Gasteiger partial charge in [0.2, 0.25) is 5.91 Å². The van der Waals surface area contributed by atoms with Crippen molar-refractivity contribution < 1.29 is 57.0 Å². The molecule has 0 aromatic heterocycles. The van der Waals surface area contributed by atoms with Crippen LogP contribution in [-0.4, -0.2) is 107 Å². The Morgan fingerprint density at radius 3 is 1.74 bits per heavy atom. The van der Waals surface area contributed by atoms with E-state index in [0.29, 0.717) is 12.8 Å². The van der Waals surface area contributed by atoms with Crippen LogP contribution in [0.5, 0.6) is 0 Å². The lowest BCUT2D eigenvalue weighted by Crippen LogP contribution is -2.61. The smallest absolute Gasteiger partial charge is 0.394 e. The second-order valence-electron chi connectivity index (χ2n) is 15.4. The Hall–Kier alpha value is -1.72. The maximum Gasteiger partial charge on any atom is 0.397 e. The van der Waals surface area contributed by atoms with Gasteiger partial charge >= 0.3 is 10.4 Å². The molecule has 1 heterocycles. The number of aliphatic hydroxyl groups excluding tert-OH is 5. The first-order valence-electron chi connectivity index (χ1n) is 22.0. The SMILES string of the molecule is CCCC/C=C\CCCCCC(O)C(=O)NC(COC1OC(CO)C(O)C(OS(=O)(=O)O)C1O)C(O)/C=C/CC/C=C/CCCCCCCCCCCCCCC. The molecule has 13 nitrogen and oxygen atoms in total. The molecule has 0 radical (unpaired) electrons. The molecule has 1 fully saturated rings. The van der Waals surface area contributed by atoms with Crippen LogP contribution in [0.25, 0.3) is 0 Å². The average Bonchev–Trinajstić information content (AvgIpc) is 3.18. The third kappa shape index (κ3) is 26.9. The number of aliphatic hydroxyl groups is 5. The zero-order valence-corrected chi connectivity index (χ0v) is 35.8. The minimum atomic E-state index is -5.12. The number of amides is 1. The number of unbranched alkanes of at least 4 members (excludes halogenated alkanes) is 19. The molecule has 57 heavy (non-hydrogen) atoms. The largest absolute Gasteiger partial charge is 0.397 e. The highest BCUT2D eigenvalue weighted by molar-refractivity contribution is 7.80. The number of ether oxygens (including phenoxy) is 2. The van der Waals surface area contributed by atoms with Gasteiger partial charge in [-0.15, -0.1) is 0 Å². The first-order chi connectivity index (χ1) is 27.4. The van der Waals surface area contributed by atoms with E-state index in [4.69, 9.17) is 14.0 Å². The third-order valence-corrected chi connectivity index (χ3v) is 10.7. The van der Waals surface area contributed by atoms with Crippen molar-refractivity contribution in [1.29, 1.82) is 0 Å². The van der Waals surface area contributed by atoms with Crippen molar-refractivity contribution in [1.82, 2.24) is 5.32 Å². The van der Waals surface area contributed by atoms with Crippen LogP contribution >= 0.6 is 0 Å². The minimum Gasteiger partial charge on any atom is -0.394 e. The molecule has 1 saturated heterocycles. The van der Waals surface area contributed by atoms with Crippen molar-refractivity contribution in [3.63, 3.8) is 0 Å². The monoisotopic (exact) mass is 834 g/mol. The van der Waals surface area contributed by atoms with E-state index < -0.39 is 78.5 Å². The summed E-state index contributed by atoms with van der Waals surface area (Å²) in [5.74, 6) is -0.729. The molecule has 1 aliphatic rings. The van der Waals surface area contributed by atoms with E-state index in [1.165, 1.54) is 83.1 Å². The maximum atomic E-state index is 13.0. The summed E-state index contributed by atoms with van der Waals surface area (Å²) in [4.78, 5) is 13.0. The normalized spacial score (nSPS) is 22.1. The van der Waals surface area contributed by atoms with Gasteiger partial charge in [0, 0.05) is 0 Å². The van der Waals surface area contributed by atoms with Crippen LogP contribution in [0, 0.1) is 0 Å². The van der Waals surface area contributed by atoms with Gasteiger partial charge in [-0.2, -0.15) is 8.42 Å². The van der Waals surface area contributed by atoms with E-state index in [1.54, 1.807) is 6.08 Å². The summed E-state index contributed by atoms with van der Waals surface area (Å²) in [6, 6.07) is -1.14. The average molecular weight is 834 g/mol. The van der Waals surface area contributed by atoms with Crippen molar-refractivity contribution >= 4 is 16.3 Å². The van der Waals surface area contributed by atoms with E-state index in [0.717, 1.165) is 57.8 Å². The predicted molar refractivity (Wildman–Crippen MR) is 224 cm³/mol. The molecule has 7 N–H and O–H groups in total. The van der Waals surface area contributed by atoms with Crippen molar-refractivity contribution in [2.24, 2.45) is 0 Å². The maximum absolute atomic E-state index is 13.0. The molecule has 0 aromatic rings. The molecule has 0 aromatic carbocycles. The number of hydrogen-bond acceptors (Lipinski definition) is 11. The summed E-state index contributed by atoms with van der Waals surface area (Å²) in [7, 11) is -5.12. The van der Waals surface area contributed by atoms with Gasteiger partial charge in [0.05, 0.1) is 25.4 Å². The molecule has 8 atom stereocenters. The Morgan fingerprint density at radius 1 is 0.702 bits per heavy atom. The molecule has 14 heteroatoms. The van der Waals surface area contributed by atoms with Crippen molar-refractivity contribution in [3.05, 3.63) is 36.5 Å². The van der Waals surface area contributed by atoms with Crippen LogP contribution in [0.15, 0.2) is 36.5 Å². The summed E-state index contributed by atoms with van der Waals surface area (Å²) in [5.41, 5.74) is 0. The highest BCUT2D eigenvalue weighted by Crippen LogP contribution is 2.26. The van der Waals surface area contributed by atoms with Crippen LogP contribution < -0.4 is 5.32 Å². The first kappa shape index (κ1) is 53.3. The Labute approximate surface area is 344 Å². The van der Waals surface area contributed by atoms with E-state index in [-0.39, 0.29) is 6.42 Å². The Bertz CT molecular complexity index is 1180. The van der Waals surface area contributed by atoms with Gasteiger partial charge < -0.3 is 40.3 Å². The van der Waals surface area contributed by atoms with E-state index in [1.807, 2.05) is 0 Å². The van der Waals surface area contributed by atoms with Crippen LogP contribution in [0.3, 0.4) is 0 Å². The molecule has 0 aliphatic carbocycles. The number of rotatable bonds is 36. The molecule has 1 aliphatic heterocycles. The molecular weight excluding hydrogens is 755 g/mol. The van der Waals surface area contributed by atoms with E-state index >= 15 is 0 Å². The van der Waals surface area contributed by atoms with Gasteiger partial charge in [0.15, 0.2) is 6.29 Å². The fourth-order valence-corrected chi connectivity index (χ4v) is 7.20. The van der Waals surface area contributed by atoms with Crippen LogP contribution in [0.4, 0.5) is 0 Å². The van der Waals surface area contributed by atoms with Crippen LogP contribution in [-0.2, 0) is 28.9 Å². The third-order valence-electron chi connectivity index (χ3n) is 10.3. The highest BCUT2D eigenvalue weighted by Gasteiger charge is 2.48. The molecule has 0 saturated carbocycles. The van der Waals surface area contributed by atoms with Gasteiger partial charge in [-0.3, -0.25) is 9.35 Å². The van der Waals surface area contributed by atoms with Gasteiger partial charge in [-0.1, -0.05) is 153 Å². The minimum absolute atomic E-state index is 0.214. The van der Waals surface area contributed by atoms with Gasteiger partial charge in [-0.05, 0) is 51.4 Å². The Morgan fingerprint density at radius 2 is 1.19 bits per heavy atom. The van der Waals surface area contributed by atoms with Crippen LogP contribution in [0.1, 0.15) is 168 Å². The standard InChI is InChI=1S/C43H79NO12S/c1-3-5-7-9-11-13-14-15-16-17-18-19-20-21-22-24-25-27-29-31-36(46)35(44-42(50)37(47)32-30-28-26-23-12-10-8-6-4-2)34-54-43-40(49)41(56-57(51,52)53)39(48)38(33-45)55-43/h10,12,22,24,29,31,35-41,43,45-49H,3-9,11,13-21,23,25-28,30,32-34H2,1-2H3,(H,44,50)(H,51,52,53)/b12-10-,24-22+,31-29+. The fraction of sp³-hybridized carbons (Fsp3) is 0.837. The second-order valence-corrected chi connectivity index (χ2v) is 16.5. The van der Waals surface area contributed by atoms with Crippen molar-refractivity contribution in [2.75, 3.05) is 13.2 Å². The second kappa shape index (κ2) is 34.0. The molecule has 0 bridgehead atoms. The van der Waals surface area contributed by atoms with Crippen LogP contribution in [0.2, 0.25) is 0 Å². The number of allylic oxidation sites excluding steroid dienone is 5. The lowest BCUT2D eigenvalue weighted by molar-refractivity contribution is -0.298. The summed E-state index contributed by atoms with van der Waals surface area (Å²) in [6.07, 6.45) is 26.9. The number of carbonyl (C=O) groups is 1. The predicted octanol–water partition coefficient (Wildman–Crippen LogP) is 6.91. The van der Waals surface area contributed by atoms with Crippen molar-refractivity contribution in [2.45, 2.75) is 217 Å². The molecule has 0 spiro atoms. The Balaban J connectivity index is 2.62. The fourth-order valence-electron chi connectivity index (χ4n) is 6.69. The lowest BCUT2D eigenvalue weighted by Gasteiger charge is -2.41. The summed E-state index contributed by atoms with van der Waals surface area (Å²) < 4.78 is 47.3. The van der Waals surface area contributed by atoms with Gasteiger partial charge in [-0.25, -0.2) is 4.18 Å². The van der Waals surface area contributed by atoms with E-state index in [2.05, 4.69) is 47.7 Å². The molecule has 1 rings (SSSR count). The Kier molecular flexibility index (Phi) is 31.8. The molecule has 8 unspecified atom stereocenters. The van der Waals surface area contributed by atoms with Crippen molar-refractivity contribution in [3.8, 4) is 0 Å². The zero-order chi connectivity index (χ0) is 42.2. The summed E-state index contributed by atoms with van der Waals surface area (Å²) in [6.45, 7) is 3.11. The van der Waals surface area contributed by atoms with E-state index in [9.17, 15) is 38.7 Å². The topological polar surface area (TPSA) is 212 Å². The number of nitrogens with one attached hydrogen (secondary N) is 1. The van der Waals surface area contributed by atoms with Gasteiger partial charge in [0.25, 0.3) is 0 Å².